The van der Waals surface area contributed by atoms with Crippen molar-refractivity contribution in [3.05, 3.63) is 66.2 Å². The highest BCUT2D eigenvalue weighted by Crippen LogP contribution is 2.31. The highest BCUT2D eigenvalue weighted by atomic mass is 16.5. The van der Waals surface area contributed by atoms with Gasteiger partial charge in [0.05, 0.1) is 19.4 Å². The lowest BCUT2D eigenvalue weighted by Crippen LogP contribution is -1.93. The summed E-state index contributed by atoms with van der Waals surface area (Å²) in [5.74, 6) is 1.76. The van der Waals surface area contributed by atoms with Crippen molar-refractivity contribution in [3.63, 3.8) is 0 Å². The molecule has 0 aliphatic carbocycles. The first-order chi connectivity index (χ1) is 14.2. The van der Waals surface area contributed by atoms with Crippen LogP contribution in [0, 0.1) is 0 Å². The number of rotatable bonds is 6. The summed E-state index contributed by atoms with van der Waals surface area (Å²) in [5, 5.41) is 10.3. The van der Waals surface area contributed by atoms with Gasteiger partial charge in [-0.25, -0.2) is 4.98 Å². The van der Waals surface area contributed by atoms with E-state index >= 15 is 0 Å². The highest BCUT2D eigenvalue weighted by Gasteiger charge is 2.10. The minimum atomic E-state index is 0.0703. The van der Waals surface area contributed by atoms with Crippen molar-refractivity contribution in [2.75, 3.05) is 13.7 Å². The Morgan fingerprint density at radius 3 is 2.79 bits per heavy atom. The van der Waals surface area contributed by atoms with Gasteiger partial charge >= 0.3 is 0 Å². The van der Waals surface area contributed by atoms with E-state index in [4.69, 9.17) is 13.9 Å². The zero-order chi connectivity index (χ0) is 20.2. The molecule has 0 amide bonds. The fourth-order valence-corrected chi connectivity index (χ4v) is 2.94. The molecule has 1 aromatic heterocycles. The van der Waals surface area contributed by atoms with Crippen LogP contribution < -0.4 is 9.47 Å². The topological polar surface area (TPSA) is 77.1 Å². The van der Waals surface area contributed by atoms with Crippen LogP contribution in [-0.4, -0.2) is 30.0 Å². The number of benzene rings is 3. The number of aromatic hydroxyl groups is 1. The number of phenols is 1. The Labute approximate surface area is 168 Å². The number of aromatic nitrogens is 1. The molecule has 4 aromatic rings. The molecular weight excluding hydrogens is 368 g/mol. The van der Waals surface area contributed by atoms with Crippen LogP contribution >= 0.6 is 0 Å². The monoisotopic (exact) mass is 388 g/mol. The molecule has 0 spiro atoms. The predicted octanol–water partition coefficient (Wildman–Crippen LogP) is 5.36. The molecule has 0 saturated heterocycles. The van der Waals surface area contributed by atoms with Gasteiger partial charge in [-0.05, 0) is 55.5 Å². The Morgan fingerprint density at radius 1 is 1.10 bits per heavy atom. The third-order valence-corrected chi connectivity index (χ3v) is 4.37. The predicted molar refractivity (Wildman–Crippen MR) is 113 cm³/mol. The minimum absolute atomic E-state index is 0.0703. The highest BCUT2D eigenvalue weighted by molar-refractivity contribution is 5.88. The van der Waals surface area contributed by atoms with Gasteiger partial charge in [-0.15, -0.1) is 0 Å². The third-order valence-electron chi connectivity index (χ3n) is 4.37. The average Bonchev–Trinajstić information content (AvgIpc) is 3.18. The SMILES string of the molecule is CCOc1cccc(C=Nc2ccc3oc(-c4cccc(OC)c4)nc3c2)c1O. The minimum Gasteiger partial charge on any atom is -0.504 e. The first-order valence-electron chi connectivity index (χ1n) is 9.22. The van der Waals surface area contributed by atoms with Gasteiger partial charge < -0.3 is 19.0 Å². The number of phenolic OH excluding ortho intramolecular Hbond substituents is 1. The van der Waals surface area contributed by atoms with Crippen LogP contribution in [0.1, 0.15) is 12.5 Å². The second kappa shape index (κ2) is 8.06. The summed E-state index contributed by atoms with van der Waals surface area (Å²) in [4.78, 5) is 9.02. The van der Waals surface area contributed by atoms with Gasteiger partial charge in [-0.3, -0.25) is 4.99 Å². The van der Waals surface area contributed by atoms with Gasteiger partial charge in [-0.2, -0.15) is 0 Å². The second-order valence-corrected chi connectivity index (χ2v) is 6.29. The molecule has 29 heavy (non-hydrogen) atoms. The van der Waals surface area contributed by atoms with E-state index in [2.05, 4.69) is 9.98 Å². The number of ether oxygens (including phenoxy) is 2. The standard InChI is InChI=1S/C23H20N2O4/c1-3-28-21-9-5-7-16(22(21)26)14-24-17-10-11-20-19(13-17)25-23(29-20)15-6-4-8-18(12-15)27-2/h4-14,26H,3H2,1-2H3. The fourth-order valence-electron chi connectivity index (χ4n) is 2.94. The molecule has 0 aliphatic heterocycles. The lowest BCUT2D eigenvalue weighted by Gasteiger charge is -2.07. The van der Waals surface area contributed by atoms with E-state index in [1.807, 2.05) is 55.5 Å². The van der Waals surface area contributed by atoms with E-state index in [-0.39, 0.29) is 5.75 Å². The fraction of sp³-hybridized carbons (Fsp3) is 0.130. The van der Waals surface area contributed by atoms with Crippen molar-refractivity contribution in [2.24, 2.45) is 4.99 Å². The number of fused-ring (bicyclic) bond motifs is 1. The van der Waals surface area contributed by atoms with E-state index in [1.54, 1.807) is 25.5 Å². The number of nitrogens with zero attached hydrogens (tertiary/aromatic N) is 2. The van der Waals surface area contributed by atoms with Crippen LogP contribution in [0.3, 0.4) is 0 Å². The van der Waals surface area contributed by atoms with Gasteiger partial charge in [0.15, 0.2) is 17.1 Å². The zero-order valence-corrected chi connectivity index (χ0v) is 16.1. The molecule has 1 N–H and O–H groups in total. The maximum Gasteiger partial charge on any atom is 0.227 e. The molecule has 0 saturated carbocycles. The lowest BCUT2D eigenvalue weighted by atomic mass is 10.2. The van der Waals surface area contributed by atoms with E-state index in [9.17, 15) is 5.11 Å². The van der Waals surface area contributed by atoms with Crippen LogP contribution in [0.5, 0.6) is 17.2 Å². The van der Waals surface area contributed by atoms with Gasteiger partial charge in [0.25, 0.3) is 0 Å². The summed E-state index contributed by atoms with van der Waals surface area (Å²) >= 11 is 0. The molecule has 6 nitrogen and oxygen atoms in total. The summed E-state index contributed by atoms with van der Waals surface area (Å²) in [6.45, 7) is 2.35. The molecule has 0 bridgehead atoms. The number of methoxy groups -OCH3 is 1. The van der Waals surface area contributed by atoms with Gasteiger partial charge in [-0.1, -0.05) is 12.1 Å². The summed E-state index contributed by atoms with van der Waals surface area (Å²) in [5.41, 5.74) is 3.48. The summed E-state index contributed by atoms with van der Waals surface area (Å²) in [6, 6.07) is 18.4. The van der Waals surface area contributed by atoms with E-state index in [1.165, 1.54) is 0 Å². The molecule has 0 radical (unpaired) electrons. The molecule has 146 valence electrons. The smallest absolute Gasteiger partial charge is 0.227 e. The quantitative estimate of drug-likeness (QED) is 0.450. The Kier molecular flexibility index (Phi) is 5.16. The number of aliphatic imine (C=N–C) groups is 1. The van der Waals surface area contributed by atoms with E-state index < -0.39 is 0 Å². The number of hydrogen-bond donors (Lipinski definition) is 1. The zero-order valence-electron chi connectivity index (χ0n) is 16.1. The molecule has 0 aliphatic rings. The first kappa shape index (κ1) is 18.6. The number of para-hydroxylation sites is 1. The van der Waals surface area contributed by atoms with Crippen molar-refractivity contribution in [3.8, 4) is 28.7 Å². The van der Waals surface area contributed by atoms with Crippen molar-refractivity contribution in [1.82, 2.24) is 4.98 Å². The molecule has 4 rings (SSSR count). The van der Waals surface area contributed by atoms with Crippen LogP contribution in [-0.2, 0) is 0 Å². The average molecular weight is 388 g/mol. The molecule has 0 atom stereocenters. The maximum absolute atomic E-state index is 10.3. The molecule has 0 unspecified atom stereocenters. The van der Waals surface area contributed by atoms with Crippen molar-refractivity contribution in [2.45, 2.75) is 6.92 Å². The van der Waals surface area contributed by atoms with Crippen molar-refractivity contribution >= 4 is 23.0 Å². The maximum atomic E-state index is 10.3. The second-order valence-electron chi connectivity index (χ2n) is 6.29. The van der Waals surface area contributed by atoms with Gasteiger partial charge in [0.1, 0.15) is 11.3 Å². The third kappa shape index (κ3) is 3.91. The van der Waals surface area contributed by atoms with Gasteiger partial charge in [0, 0.05) is 17.3 Å². The molecule has 3 aromatic carbocycles. The van der Waals surface area contributed by atoms with E-state index in [0.29, 0.717) is 40.6 Å². The Balaban J connectivity index is 1.63. The summed E-state index contributed by atoms with van der Waals surface area (Å²) in [6.07, 6.45) is 1.60. The largest absolute Gasteiger partial charge is 0.504 e. The van der Waals surface area contributed by atoms with Crippen LogP contribution in [0.2, 0.25) is 0 Å². The molecule has 1 heterocycles. The van der Waals surface area contributed by atoms with Crippen LogP contribution in [0.15, 0.2) is 70.1 Å². The molecule has 0 fully saturated rings. The van der Waals surface area contributed by atoms with Crippen molar-refractivity contribution < 1.29 is 19.0 Å². The Bertz CT molecular complexity index is 1180. The van der Waals surface area contributed by atoms with Crippen LogP contribution in [0.25, 0.3) is 22.6 Å². The lowest BCUT2D eigenvalue weighted by molar-refractivity contribution is 0.318. The van der Waals surface area contributed by atoms with Crippen molar-refractivity contribution in [1.29, 1.82) is 0 Å². The number of oxazole rings is 1. The van der Waals surface area contributed by atoms with E-state index in [0.717, 1.165) is 11.3 Å². The number of hydrogen-bond acceptors (Lipinski definition) is 6. The molecular formula is C23H20N2O4. The van der Waals surface area contributed by atoms with Gasteiger partial charge in [0.2, 0.25) is 5.89 Å². The summed E-state index contributed by atoms with van der Waals surface area (Å²) < 4.78 is 16.5. The van der Waals surface area contributed by atoms with Crippen LogP contribution in [0.4, 0.5) is 5.69 Å². The normalized spacial score (nSPS) is 11.2. The molecule has 6 heteroatoms. The Hall–Kier alpha value is -3.80. The Morgan fingerprint density at radius 2 is 1.97 bits per heavy atom. The summed E-state index contributed by atoms with van der Waals surface area (Å²) in [7, 11) is 1.62. The first-order valence-corrected chi connectivity index (χ1v) is 9.22.